The molecular formula is C16H18N4O3. The standard InChI is InChI=1S/C16H18N4O3/c21-15-6-5-14(19-15)16(22)18-12-3-1-4-13(11-12)23-10-9-20-8-2-7-17-20/h1-4,7-8,11,14H,5-6,9-10H2,(H,18,22)(H,19,21). The van der Waals surface area contributed by atoms with E-state index in [0.29, 0.717) is 37.4 Å². The van der Waals surface area contributed by atoms with Crippen molar-refractivity contribution in [3.05, 3.63) is 42.7 Å². The van der Waals surface area contributed by atoms with Crippen LogP contribution in [0.3, 0.4) is 0 Å². The first-order valence-corrected chi connectivity index (χ1v) is 7.51. The van der Waals surface area contributed by atoms with Crippen LogP contribution < -0.4 is 15.4 Å². The van der Waals surface area contributed by atoms with Gasteiger partial charge in [-0.1, -0.05) is 6.07 Å². The number of nitrogens with zero attached hydrogens (tertiary/aromatic N) is 2. The van der Waals surface area contributed by atoms with Crippen molar-refractivity contribution in [3.63, 3.8) is 0 Å². The summed E-state index contributed by atoms with van der Waals surface area (Å²) in [4.78, 5) is 23.2. The predicted octanol–water partition coefficient (Wildman–Crippen LogP) is 1.18. The summed E-state index contributed by atoms with van der Waals surface area (Å²) in [5.41, 5.74) is 0.646. The minimum Gasteiger partial charge on any atom is -0.492 e. The van der Waals surface area contributed by atoms with Crippen molar-refractivity contribution in [2.45, 2.75) is 25.4 Å². The Morgan fingerprint density at radius 2 is 2.35 bits per heavy atom. The number of ether oxygens (including phenoxy) is 1. The highest BCUT2D eigenvalue weighted by Gasteiger charge is 2.27. The minimum atomic E-state index is -0.452. The van der Waals surface area contributed by atoms with E-state index in [9.17, 15) is 9.59 Å². The molecule has 7 nitrogen and oxygen atoms in total. The molecule has 0 saturated carbocycles. The van der Waals surface area contributed by atoms with E-state index < -0.39 is 6.04 Å². The summed E-state index contributed by atoms with van der Waals surface area (Å²) in [6.07, 6.45) is 4.52. The van der Waals surface area contributed by atoms with Crippen LogP contribution in [0.15, 0.2) is 42.7 Å². The van der Waals surface area contributed by atoms with E-state index in [2.05, 4.69) is 15.7 Å². The molecule has 1 saturated heterocycles. The molecule has 7 heteroatoms. The zero-order valence-electron chi connectivity index (χ0n) is 12.6. The van der Waals surface area contributed by atoms with Crippen LogP contribution in [0.1, 0.15) is 12.8 Å². The molecule has 2 N–H and O–H groups in total. The zero-order chi connectivity index (χ0) is 16.1. The summed E-state index contributed by atoms with van der Waals surface area (Å²) >= 11 is 0. The summed E-state index contributed by atoms with van der Waals surface area (Å²) in [6, 6.07) is 8.60. The number of carbonyl (C=O) groups is 2. The summed E-state index contributed by atoms with van der Waals surface area (Å²) in [5, 5.41) is 9.54. The molecule has 120 valence electrons. The lowest BCUT2D eigenvalue weighted by atomic mass is 10.2. The Morgan fingerprint density at radius 3 is 3.09 bits per heavy atom. The maximum absolute atomic E-state index is 12.1. The Kier molecular flexibility index (Phi) is 4.56. The first-order valence-electron chi connectivity index (χ1n) is 7.51. The maximum Gasteiger partial charge on any atom is 0.246 e. The van der Waals surface area contributed by atoms with E-state index in [1.807, 2.05) is 24.4 Å². The fourth-order valence-corrected chi connectivity index (χ4v) is 2.39. The van der Waals surface area contributed by atoms with E-state index in [1.165, 1.54) is 0 Å². The van der Waals surface area contributed by atoms with Crippen LogP contribution in [0, 0.1) is 0 Å². The van der Waals surface area contributed by atoms with Gasteiger partial charge in [0.1, 0.15) is 18.4 Å². The molecule has 0 bridgehead atoms. The van der Waals surface area contributed by atoms with E-state index in [0.717, 1.165) is 0 Å². The number of hydrogen-bond donors (Lipinski definition) is 2. The molecule has 2 heterocycles. The number of nitrogens with one attached hydrogen (secondary N) is 2. The van der Waals surface area contributed by atoms with Crippen molar-refractivity contribution in [2.75, 3.05) is 11.9 Å². The molecule has 3 rings (SSSR count). The fourth-order valence-electron chi connectivity index (χ4n) is 2.39. The molecule has 0 aliphatic carbocycles. The number of aromatic nitrogens is 2. The summed E-state index contributed by atoms with van der Waals surface area (Å²) in [6.45, 7) is 1.13. The molecule has 0 radical (unpaired) electrons. The highest BCUT2D eigenvalue weighted by molar-refractivity contribution is 5.99. The molecule has 1 aromatic heterocycles. The van der Waals surface area contributed by atoms with Gasteiger partial charge in [0.15, 0.2) is 0 Å². The second kappa shape index (κ2) is 6.95. The fraction of sp³-hybridized carbons (Fsp3) is 0.312. The van der Waals surface area contributed by atoms with Gasteiger partial charge in [-0.3, -0.25) is 14.3 Å². The molecule has 1 atom stereocenters. The lowest BCUT2D eigenvalue weighted by molar-refractivity contribution is -0.122. The average Bonchev–Trinajstić information content (AvgIpc) is 3.19. The molecule has 2 aromatic rings. The normalized spacial score (nSPS) is 16.9. The third kappa shape index (κ3) is 4.09. The monoisotopic (exact) mass is 314 g/mol. The number of rotatable bonds is 6. The largest absolute Gasteiger partial charge is 0.492 e. The third-order valence-corrected chi connectivity index (χ3v) is 3.56. The number of hydrogen-bond acceptors (Lipinski definition) is 4. The van der Waals surface area contributed by atoms with Gasteiger partial charge >= 0.3 is 0 Å². The number of carbonyl (C=O) groups excluding carboxylic acids is 2. The molecule has 2 amide bonds. The second-order valence-corrected chi connectivity index (χ2v) is 5.29. The lowest BCUT2D eigenvalue weighted by Gasteiger charge is -2.12. The van der Waals surface area contributed by atoms with E-state index in [-0.39, 0.29) is 11.8 Å². The zero-order valence-corrected chi connectivity index (χ0v) is 12.6. The SMILES string of the molecule is O=C1CCC(C(=O)Nc2cccc(OCCn3cccn3)c2)N1. The molecule has 0 spiro atoms. The van der Waals surface area contributed by atoms with Gasteiger partial charge in [-0.15, -0.1) is 0 Å². The van der Waals surface area contributed by atoms with Gasteiger partial charge in [0.2, 0.25) is 11.8 Å². The molecule has 1 aromatic carbocycles. The van der Waals surface area contributed by atoms with Crippen molar-refractivity contribution >= 4 is 17.5 Å². The molecule has 1 fully saturated rings. The topological polar surface area (TPSA) is 85.2 Å². The number of amides is 2. The molecule has 1 unspecified atom stereocenters. The molecular weight excluding hydrogens is 296 g/mol. The average molecular weight is 314 g/mol. The van der Waals surface area contributed by atoms with Gasteiger partial charge in [0.25, 0.3) is 0 Å². The van der Waals surface area contributed by atoms with Gasteiger partial charge in [-0.05, 0) is 24.6 Å². The highest BCUT2D eigenvalue weighted by Crippen LogP contribution is 2.18. The number of anilines is 1. The van der Waals surface area contributed by atoms with Gasteiger partial charge < -0.3 is 15.4 Å². The van der Waals surface area contributed by atoms with Crippen LogP contribution >= 0.6 is 0 Å². The minimum absolute atomic E-state index is 0.0825. The maximum atomic E-state index is 12.1. The molecule has 1 aliphatic heterocycles. The quantitative estimate of drug-likeness (QED) is 0.838. The Hall–Kier alpha value is -2.83. The van der Waals surface area contributed by atoms with Gasteiger partial charge in [-0.2, -0.15) is 5.10 Å². The van der Waals surface area contributed by atoms with Gasteiger partial charge in [0, 0.05) is 30.6 Å². The molecule has 23 heavy (non-hydrogen) atoms. The van der Waals surface area contributed by atoms with Crippen LogP contribution in [0.4, 0.5) is 5.69 Å². The van der Waals surface area contributed by atoms with Gasteiger partial charge in [0.05, 0.1) is 6.54 Å². The van der Waals surface area contributed by atoms with Crippen LogP contribution in [-0.2, 0) is 16.1 Å². The predicted molar refractivity (Wildman–Crippen MR) is 84.0 cm³/mol. The Bertz CT molecular complexity index is 684. The van der Waals surface area contributed by atoms with Crippen molar-refractivity contribution in [3.8, 4) is 5.75 Å². The van der Waals surface area contributed by atoms with E-state index in [1.54, 1.807) is 23.0 Å². The Morgan fingerprint density at radius 1 is 1.43 bits per heavy atom. The smallest absolute Gasteiger partial charge is 0.246 e. The van der Waals surface area contributed by atoms with E-state index in [4.69, 9.17) is 4.74 Å². The number of benzene rings is 1. The van der Waals surface area contributed by atoms with Crippen LogP contribution in [0.25, 0.3) is 0 Å². The summed E-state index contributed by atoms with van der Waals surface area (Å²) < 4.78 is 7.45. The van der Waals surface area contributed by atoms with Crippen molar-refractivity contribution in [1.82, 2.24) is 15.1 Å². The Balaban J connectivity index is 1.52. The van der Waals surface area contributed by atoms with Gasteiger partial charge in [-0.25, -0.2) is 0 Å². The van der Waals surface area contributed by atoms with Crippen molar-refractivity contribution in [2.24, 2.45) is 0 Å². The van der Waals surface area contributed by atoms with Crippen LogP contribution in [0.2, 0.25) is 0 Å². The first-order chi connectivity index (χ1) is 11.2. The molecule has 1 aliphatic rings. The first kappa shape index (κ1) is 15.1. The van der Waals surface area contributed by atoms with E-state index >= 15 is 0 Å². The lowest BCUT2D eigenvalue weighted by Crippen LogP contribution is -2.37. The summed E-state index contributed by atoms with van der Waals surface area (Å²) in [7, 11) is 0. The highest BCUT2D eigenvalue weighted by atomic mass is 16.5. The van der Waals surface area contributed by atoms with Crippen molar-refractivity contribution in [1.29, 1.82) is 0 Å². The summed E-state index contributed by atoms with van der Waals surface area (Å²) in [5.74, 6) is 0.385. The van der Waals surface area contributed by atoms with Crippen LogP contribution in [-0.4, -0.2) is 34.2 Å². The Labute approximate surface area is 133 Å². The van der Waals surface area contributed by atoms with Crippen molar-refractivity contribution < 1.29 is 14.3 Å². The third-order valence-electron chi connectivity index (χ3n) is 3.56. The second-order valence-electron chi connectivity index (χ2n) is 5.29. The van der Waals surface area contributed by atoms with Crippen LogP contribution in [0.5, 0.6) is 5.75 Å².